The van der Waals surface area contributed by atoms with Crippen LogP contribution in [0.1, 0.15) is 349 Å². The van der Waals surface area contributed by atoms with Gasteiger partial charge in [0.2, 0.25) is 0 Å². The lowest BCUT2D eigenvalue weighted by atomic mass is 10.0. The molecule has 0 spiro atoms. The van der Waals surface area contributed by atoms with Gasteiger partial charge in [-0.2, -0.15) is 0 Å². The molecule has 0 saturated heterocycles. The van der Waals surface area contributed by atoms with Crippen molar-refractivity contribution in [1.82, 2.24) is 0 Å². The fourth-order valence-corrected chi connectivity index (χ4v) is 12.5. The Morgan fingerprint density at radius 3 is 0.843 bits per heavy atom. The standard InChI is InChI=1S/C83H146O17P2/c1-5-9-13-17-21-25-29-33-36-37-38-39-42-46-50-54-58-62-66-70-83(88)100-79(74-94-81(86)68-64-60-56-52-48-44-40-34-30-26-22-18-14-10-6-2)76-98-102(91,92)96-72-77(84)71-95-101(89,90)97-75-78(73-93-80(85)67-63-59-55-51-47-43-32-28-24-20-16-12-8-4)99-82(87)69-65-61-57-53-49-45-41-35-31-27-23-19-15-11-7-3/h9,13,21,25,33-36,38-41,46,50,58,62,77-79,84H,5-8,10-12,14-20,22-24,26-32,37,42-45,47-49,51-57,59-61,63-76H2,1-4H3,(H,89,90)(H,91,92)/b13-9-,25-21-,36-33-,39-38-,40-34-,41-35-,50-46-,62-58-/t77-,78+,79+/m0/s1. The quantitative estimate of drug-likeness (QED) is 0.0169. The van der Waals surface area contributed by atoms with Gasteiger partial charge >= 0.3 is 39.5 Å². The third-order valence-electron chi connectivity index (χ3n) is 17.0. The van der Waals surface area contributed by atoms with Crippen molar-refractivity contribution < 1.29 is 80.2 Å². The lowest BCUT2D eigenvalue weighted by molar-refractivity contribution is -0.161. The summed E-state index contributed by atoms with van der Waals surface area (Å²) in [6, 6.07) is 0. The second-order valence-corrected chi connectivity index (χ2v) is 29.9. The van der Waals surface area contributed by atoms with Gasteiger partial charge in [-0.05, 0) is 116 Å². The summed E-state index contributed by atoms with van der Waals surface area (Å²) in [5.41, 5.74) is 0. The van der Waals surface area contributed by atoms with E-state index in [1.165, 1.54) is 135 Å². The maximum Gasteiger partial charge on any atom is 0.472 e. The first-order valence-electron chi connectivity index (χ1n) is 40.5. The zero-order chi connectivity index (χ0) is 74.6. The first-order chi connectivity index (χ1) is 49.7. The highest BCUT2D eigenvalue weighted by Crippen LogP contribution is 2.45. The molecule has 0 fully saturated rings. The molecule has 0 aromatic heterocycles. The molecule has 19 heteroatoms. The molecule has 0 heterocycles. The Morgan fingerprint density at radius 1 is 0.284 bits per heavy atom. The molecule has 102 heavy (non-hydrogen) atoms. The van der Waals surface area contributed by atoms with Crippen LogP contribution in [0.15, 0.2) is 97.2 Å². The molecule has 0 saturated carbocycles. The van der Waals surface area contributed by atoms with E-state index in [4.69, 9.17) is 37.0 Å². The van der Waals surface area contributed by atoms with Crippen LogP contribution in [0.25, 0.3) is 0 Å². The number of esters is 4. The highest BCUT2D eigenvalue weighted by Gasteiger charge is 2.30. The summed E-state index contributed by atoms with van der Waals surface area (Å²) in [5, 5.41) is 10.6. The number of aliphatic hydroxyl groups excluding tert-OH is 1. The van der Waals surface area contributed by atoms with E-state index in [2.05, 4.69) is 107 Å². The molecule has 0 radical (unpaired) electrons. The molecule has 17 nitrogen and oxygen atoms in total. The zero-order valence-electron chi connectivity index (χ0n) is 64.5. The molecular formula is C83H146O17P2. The summed E-state index contributed by atoms with van der Waals surface area (Å²) in [5.74, 6) is -2.27. The molecule has 0 aromatic carbocycles. The Hall–Kier alpha value is -4.02. The minimum Gasteiger partial charge on any atom is -0.462 e. The van der Waals surface area contributed by atoms with Crippen LogP contribution < -0.4 is 0 Å². The Morgan fingerprint density at radius 2 is 0.529 bits per heavy atom. The molecule has 0 aliphatic rings. The summed E-state index contributed by atoms with van der Waals surface area (Å²) in [7, 11) is -9.98. The number of aliphatic hydroxyl groups is 1. The molecule has 0 aromatic rings. The van der Waals surface area contributed by atoms with Crippen molar-refractivity contribution in [2.75, 3.05) is 39.6 Å². The minimum absolute atomic E-state index is 0.0313. The van der Waals surface area contributed by atoms with E-state index in [-0.39, 0.29) is 25.7 Å². The van der Waals surface area contributed by atoms with E-state index in [0.717, 1.165) is 128 Å². The van der Waals surface area contributed by atoms with Gasteiger partial charge in [-0.1, -0.05) is 305 Å². The first-order valence-corrected chi connectivity index (χ1v) is 43.5. The van der Waals surface area contributed by atoms with E-state index in [9.17, 15) is 43.2 Å². The number of phosphoric acid groups is 2. The minimum atomic E-state index is -5.00. The van der Waals surface area contributed by atoms with Crippen molar-refractivity contribution in [2.45, 2.75) is 367 Å². The fraction of sp³-hybridized carbons (Fsp3) is 0.759. The Labute approximate surface area is 620 Å². The van der Waals surface area contributed by atoms with Gasteiger partial charge in [0.25, 0.3) is 0 Å². The molecule has 0 amide bonds. The van der Waals surface area contributed by atoms with Crippen LogP contribution >= 0.6 is 15.6 Å². The third-order valence-corrected chi connectivity index (χ3v) is 18.9. The number of carbonyl (C=O) groups excluding carboxylic acids is 4. The van der Waals surface area contributed by atoms with Crippen LogP contribution in [0.5, 0.6) is 0 Å². The zero-order valence-corrected chi connectivity index (χ0v) is 66.3. The Kier molecular flexibility index (Phi) is 72.3. The number of ether oxygens (including phenoxy) is 4. The molecule has 3 N–H and O–H groups in total. The highest BCUT2D eigenvalue weighted by atomic mass is 31.2. The number of carbonyl (C=O) groups is 4. The second-order valence-electron chi connectivity index (χ2n) is 27.0. The lowest BCUT2D eigenvalue weighted by Gasteiger charge is -2.21. The number of hydrogen-bond donors (Lipinski definition) is 3. The van der Waals surface area contributed by atoms with Crippen LogP contribution in [-0.2, 0) is 65.4 Å². The highest BCUT2D eigenvalue weighted by molar-refractivity contribution is 7.47. The van der Waals surface area contributed by atoms with Crippen molar-refractivity contribution in [3.63, 3.8) is 0 Å². The van der Waals surface area contributed by atoms with Gasteiger partial charge in [0.05, 0.1) is 26.4 Å². The van der Waals surface area contributed by atoms with E-state index >= 15 is 0 Å². The molecule has 590 valence electrons. The van der Waals surface area contributed by atoms with Gasteiger partial charge in [-0.3, -0.25) is 37.3 Å². The molecule has 0 bridgehead atoms. The van der Waals surface area contributed by atoms with Crippen LogP contribution in [0.3, 0.4) is 0 Å². The summed E-state index contributed by atoms with van der Waals surface area (Å²) in [6.07, 6.45) is 79.7. The van der Waals surface area contributed by atoms with E-state index in [1.54, 1.807) is 0 Å². The predicted molar refractivity (Wildman–Crippen MR) is 418 cm³/mol. The summed E-state index contributed by atoms with van der Waals surface area (Å²) in [4.78, 5) is 73.0. The van der Waals surface area contributed by atoms with Crippen molar-refractivity contribution in [3.8, 4) is 0 Å². The lowest BCUT2D eigenvalue weighted by Crippen LogP contribution is -2.30. The van der Waals surface area contributed by atoms with Crippen molar-refractivity contribution in [2.24, 2.45) is 0 Å². The molecule has 0 rings (SSSR count). The third kappa shape index (κ3) is 74.3. The maximum atomic E-state index is 13.1. The normalized spacial score (nSPS) is 14.4. The number of hydrogen-bond acceptors (Lipinski definition) is 15. The van der Waals surface area contributed by atoms with Crippen molar-refractivity contribution >= 4 is 39.5 Å². The molecule has 0 aliphatic carbocycles. The van der Waals surface area contributed by atoms with Gasteiger partial charge in [-0.15, -0.1) is 0 Å². The summed E-state index contributed by atoms with van der Waals surface area (Å²) < 4.78 is 68.5. The Bertz CT molecular complexity index is 2310. The van der Waals surface area contributed by atoms with Gasteiger partial charge < -0.3 is 33.8 Å². The smallest absolute Gasteiger partial charge is 0.462 e. The molecular weight excluding hydrogens is 1330 g/mol. The van der Waals surface area contributed by atoms with Gasteiger partial charge in [-0.25, -0.2) is 9.13 Å². The number of allylic oxidation sites excluding steroid dienone is 16. The fourth-order valence-electron chi connectivity index (χ4n) is 10.9. The van der Waals surface area contributed by atoms with Crippen LogP contribution in [-0.4, -0.2) is 96.7 Å². The first kappa shape index (κ1) is 98.0. The van der Waals surface area contributed by atoms with Crippen LogP contribution in [0, 0.1) is 0 Å². The second kappa shape index (κ2) is 75.2. The summed E-state index contributed by atoms with van der Waals surface area (Å²) in [6.45, 7) is 4.69. The van der Waals surface area contributed by atoms with Crippen LogP contribution in [0.4, 0.5) is 0 Å². The SMILES string of the molecule is CC/C=C\C/C=C\C/C=C\C/C=C\C/C=C\C/C=C\CCC(=O)O[C@H](COC(=O)CCCCCCC/C=C\CCCCCCCC)COP(=O)(O)OC[C@@H](O)COP(=O)(O)OC[C@@H](COC(=O)CCCCCCCCCCCCCCC)OC(=O)CCCCCCC/C=C\CCCCCCCC. The van der Waals surface area contributed by atoms with E-state index in [0.29, 0.717) is 32.1 Å². The number of rotatable bonds is 76. The topological polar surface area (TPSA) is 237 Å². The van der Waals surface area contributed by atoms with E-state index in [1.807, 2.05) is 18.2 Å². The van der Waals surface area contributed by atoms with Gasteiger partial charge in [0, 0.05) is 25.7 Å². The monoisotopic (exact) mass is 1480 g/mol. The van der Waals surface area contributed by atoms with E-state index < -0.39 is 97.5 Å². The number of unbranched alkanes of at least 4 members (excludes halogenated alkanes) is 34. The van der Waals surface area contributed by atoms with Crippen LogP contribution in [0.2, 0.25) is 0 Å². The molecule has 0 aliphatic heterocycles. The average Bonchev–Trinajstić information content (AvgIpc) is 1.21. The van der Waals surface area contributed by atoms with Gasteiger partial charge in [0.1, 0.15) is 19.3 Å². The van der Waals surface area contributed by atoms with Crippen molar-refractivity contribution in [1.29, 1.82) is 0 Å². The average molecular weight is 1480 g/mol. The van der Waals surface area contributed by atoms with Gasteiger partial charge in [0.15, 0.2) is 12.2 Å². The largest absolute Gasteiger partial charge is 0.472 e. The number of phosphoric ester groups is 2. The van der Waals surface area contributed by atoms with Crippen molar-refractivity contribution in [3.05, 3.63) is 97.2 Å². The molecule has 5 atom stereocenters. The molecule has 2 unspecified atom stereocenters. The summed E-state index contributed by atoms with van der Waals surface area (Å²) >= 11 is 0. The maximum absolute atomic E-state index is 13.1. The predicted octanol–water partition coefficient (Wildman–Crippen LogP) is 23.6. The Balaban J connectivity index is 5.42.